The van der Waals surface area contributed by atoms with Gasteiger partial charge >= 0.3 is 0 Å². The fraction of sp³-hybridized carbons (Fsp3) is 0.462. The van der Waals surface area contributed by atoms with E-state index in [2.05, 4.69) is 57.2 Å². The van der Waals surface area contributed by atoms with E-state index in [4.69, 9.17) is 0 Å². The second-order valence-corrected chi connectivity index (χ2v) is 8.37. The standard InChI is InChI=1S/C26H33O2.Y/c1-4-20-6-5-7-21(16-20)17-23-9-11-26(28)25(23)10-8-22-14-18(2)24(12-13-27)19(3)15-22;/h5-7,14-16,23,25,27H,1,4,8-13,17H2,2-3H3;/q-1;/t23-,25-;/m1./s1. The maximum atomic E-state index is 12.6. The predicted octanol–water partition coefficient (Wildman–Crippen LogP) is 4.98. The van der Waals surface area contributed by atoms with Gasteiger partial charge in [-0.1, -0.05) is 42.0 Å². The van der Waals surface area contributed by atoms with Crippen LogP contribution in [0.1, 0.15) is 52.6 Å². The predicted molar refractivity (Wildman–Crippen MR) is 115 cm³/mol. The van der Waals surface area contributed by atoms with Crippen LogP contribution >= 0.6 is 0 Å². The number of aryl methyl sites for hydroxylation is 3. The summed E-state index contributed by atoms with van der Waals surface area (Å²) in [6.45, 7) is 8.42. The van der Waals surface area contributed by atoms with Crippen LogP contribution in [0.5, 0.6) is 0 Å². The van der Waals surface area contributed by atoms with E-state index >= 15 is 0 Å². The normalized spacial score (nSPS) is 18.7. The minimum Gasteiger partial charge on any atom is -0.396 e. The molecule has 153 valence electrons. The number of hydrogen-bond acceptors (Lipinski definition) is 2. The van der Waals surface area contributed by atoms with Gasteiger partial charge in [0.15, 0.2) is 0 Å². The van der Waals surface area contributed by atoms with Gasteiger partial charge in [0.2, 0.25) is 0 Å². The van der Waals surface area contributed by atoms with Gasteiger partial charge in [0.1, 0.15) is 5.78 Å². The van der Waals surface area contributed by atoms with Gasteiger partial charge in [0.25, 0.3) is 0 Å². The molecule has 0 unspecified atom stereocenters. The number of rotatable bonds is 8. The van der Waals surface area contributed by atoms with Gasteiger partial charge in [-0.2, -0.15) is 6.42 Å². The van der Waals surface area contributed by atoms with E-state index in [0.717, 1.165) is 38.5 Å². The number of carbonyl (C=O) groups is 1. The Hall–Kier alpha value is -0.826. The Morgan fingerprint density at radius 3 is 2.38 bits per heavy atom. The van der Waals surface area contributed by atoms with Crippen LogP contribution in [0.3, 0.4) is 0 Å². The zero-order valence-electron chi connectivity index (χ0n) is 17.9. The summed E-state index contributed by atoms with van der Waals surface area (Å²) in [5.41, 5.74) is 7.69. The molecule has 2 aromatic carbocycles. The van der Waals surface area contributed by atoms with Gasteiger partial charge in [-0.25, -0.2) is 0 Å². The Morgan fingerprint density at radius 1 is 1.03 bits per heavy atom. The minimum atomic E-state index is 0. The van der Waals surface area contributed by atoms with E-state index in [9.17, 15) is 9.90 Å². The van der Waals surface area contributed by atoms with Gasteiger partial charge in [-0.3, -0.25) is 4.79 Å². The van der Waals surface area contributed by atoms with Crippen LogP contribution < -0.4 is 0 Å². The Morgan fingerprint density at radius 2 is 1.72 bits per heavy atom. The molecule has 1 fully saturated rings. The maximum Gasteiger partial charge on any atom is 0.136 e. The van der Waals surface area contributed by atoms with E-state index < -0.39 is 0 Å². The Labute approximate surface area is 201 Å². The fourth-order valence-electron chi connectivity index (χ4n) is 4.89. The molecule has 1 radical (unpaired) electrons. The van der Waals surface area contributed by atoms with E-state index in [1.807, 2.05) is 0 Å². The second-order valence-electron chi connectivity index (χ2n) is 8.37. The first-order chi connectivity index (χ1) is 13.5. The van der Waals surface area contributed by atoms with Gasteiger partial charge in [-0.15, -0.1) is 0 Å². The molecular formula is C26H33O2Y-. The van der Waals surface area contributed by atoms with Gasteiger partial charge in [-0.05, 0) is 79.7 Å². The van der Waals surface area contributed by atoms with Gasteiger partial charge in [0.05, 0.1) is 0 Å². The van der Waals surface area contributed by atoms with Crippen molar-refractivity contribution in [3.63, 3.8) is 0 Å². The smallest absolute Gasteiger partial charge is 0.136 e. The summed E-state index contributed by atoms with van der Waals surface area (Å²) in [5, 5.41) is 9.26. The summed E-state index contributed by atoms with van der Waals surface area (Å²) in [6.07, 6.45) is 6.17. The summed E-state index contributed by atoms with van der Waals surface area (Å²) < 4.78 is 0. The molecular weight excluding hydrogens is 433 g/mol. The molecule has 0 heterocycles. The van der Waals surface area contributed by atoms with Crippen LogP contribution in [-0.2, 0) is 63.2 Å². The SMILES string of the molecule is [CH2-]Cc1cccc(C[C@H]2CCC(=O)[C@@H]2CCc2cc(C)c(CCO)c(C)c2)c1.[Y]. The molecule has 0 bridgehead atoms. The minimum absolute atomic E-state index is 0. The molecule has 0 saturated heterocycles. The van der Waals surface area contributed by atoms with Gasteiger partial charge < -0.3 is 12.0 Å². The second kappa shape index (κ2) is 11.5. The van der Waals surface area contributed by atoms with Crippen molar-refractivity contribution in [3.8, 4) is 0 Å². The number of Topliss-reactive ketones (excluding diaryl/α,β-unsaturated/α-hetero) is 1. The zero-order chi connectivity index (χ0) is 20.1. The number of carbonyl (C=O) groups excluding carboxylic acids is 1. The van der Waals surface area contributed by atoms with Crippen molar-refractivity contribution in [2.45, 2.75) is 58.8 Å². The molecule has 1 aliphatic carbocycles. The zero-order valence-corrected chi connectivity index (χ0v) is 20.8. The molecule has 0 amide bonds. The van der Waals surface area contributed by atoms with Crippen molar-refractivity contribution >= 4 is 5.78 Å². The van der Waals surface area contributed by atoms with Crippen LogP contribution in [0.15, 0.2) is 36.4 Å². The number of benzene rings is 2. The third kappa shape index (κ3) is 6.33. The summed E-state index contributed by atoms with van der Waals surface area (Å²) in [4.78, 5) is 12.6. The molecule has 0 aromatic heterocycles. The third-order valence-electron chi connectivity index (χ3n) is 6.38. The molecule has 2 nitrogen and oxygen atoms in total. The van der Waals surface area contributed by atoms with Crippen molar-refractivity contribution < 1.29 is 42.6 Å². The first kappa shape index (κ1) is 24.4. The van der Waals surface area contributed by atoms with Crippen molar-refractivity contribution in [3.05, 3.63) is 76.7 Å². The van der Waals surface area contributed by atoms with Crippen molar-refractivity contribution in [2.24, 2.45) is 11.8 Å². The average molecular weight is 466 g/mol. The first-order valence-corrected chi connectivity index (χ1v) is 10.6. The Balaban J connectivity index is 0.00000300. The number of aliphatic hydroxyl groups is 1. The molecule has 2 aromatic rings. The summed E-state index contributed by atoms with van der Waals surface area (Å²) in [6, 6.07) is 13.2. The number of hydrogen-bond donors (Lipinski definition) is 1. The largest absolute Gasteiger partial charge is 0.396 e. The third-order valence-corrected chi connectivity index (χ3v) is 6.38. The average Bonchev–Trinajstić information content (AvgIpc) is 3.02. The van der Waals surface area contributed by atoms with E-state index in [1.54, 1.807) is 0 Å². The van der Waals surface area contributed by atoms with Crippen molar-refractivity contribution in [1.29, 1.82) is 0 Å². The van der Waals surface area contributed by atoms with Crippen LogP contribution in [0, 0.1) is 32.6 Å². The molecule has 3 heteroatoms. The van der Waals surface area contributed by atoms with Crippen molar-refractivity contribution in [1.82, 2.24) is 0 Å². The van der Waals surface area contributed by atoms with Crippen LogP contribution in [-0.4, -0.2) is 17.5 Å². The molecule has 2 atom stereocenters. The van der Waals surface area contributed by atoms with E-state index in [0.29, 0.717) is 18.1 Å². The molecule has 1 N–H and O–H groups in total. The van der Waals surface area contributed by atoms with Gasteiger partial charge in [0, 0.05) is 51.7 Å². The first-order valence-electron chi connectivity index (χ1n) is 10.6. The van der Waals surface area contributed by atoms with Crippen LogP contribution in [0.4, 0.5) is 0 Å². The number of aliphatic hydroxyl groups excluding tert-OH is 1. The van der Waals surface area contributed by atoms with Crippen LogP contribution in [0.2, 0.25) is 0 Å². The monoisotopic (exact) mass is 466 g/mol. The van der Waals surface area contributed by atoms with E-state index in [1.165, 1.54) is 33.4 Å². The molecule has 0 aliphatic heterocycles. The summed E-state index contributed by atoms with van der Waals surface area (Å²) in [7, 11) is 0. The summed E-state index contributed by atoms with van der Waals surface area (Å²) >= 11 is 0. The quantitative estimate of drug-likeness (QED) is 0.557. The van der Waals surface area contributed by atoms with E-state index in [-0.39, 0.29) is 45.2 Å². The fourth-order valence-corrected chi connectivity index (χ4v) is 4.89. The molecule has 1 aliphatic rings. The van der Waals surface area contributed by atoms with Crippen molar-refractivity contribution in [2.75, 3.05) is 6.61 Å². The topological polar surface area (TPSA) is 37.3 Å². The number of ketones is 1. The Kier molecular flexibility index (Phi) is 9.72. The van der Waals surface area contributed by atoms with Crippen LogP contribution in [0.25, 0.3) is 0 Å². The molecule has 29 heavy (non-hydrogen) atoms. The molecule has 0 spiro atoms. The summed E-state index contributed by atoms with van der Waals surface area (Å²) in [5.74, 6) is 1.09. The Bertz CT molecular complexity index is 804. The molecule has 3 rings (SSSR count). The molecule has 1 saturated carbocycles. The maximum absolute atomic E-state index is 12.6.